The van der Waals surface area contributed by atoms with Crippen LogP contribution in [0.4, 0.5) is 10.1 Å². The molecular weight excluding hydrogens is 349 g/mol. The predicted molar refractivity (Wildman–Crippen MR) is 89.0 cm³/mol. The molecule has 1 aliphatic heterocycles. The number of nitrogens with zero attached hydrogens (tertiary/aromatic N) is 2. The lowest BCUT2D eigenvalue weighted by Crippen LogP contribution is -2.32. The van der Waals surface area contributed by atoms with E-state index in [0.717, 1.165) is 12.1 Å². The van der Waals surface area contributed by atoms with E-state index in [2.05, 4.69) is 0 Å². The van der Waals surface area contributed by atoms with Crippen LogP contribution in [0.5, 0.6) is 0 Å². The summed E-state index contributed by atoms with van der Waals surface area (Å²) in [5.74, 6) is -0.869. The molecule has 0 unspecified atom stereocenters. The first kappa shape index (κ1) is 17.5. The van der Waals surface area contributed by atoms with Gasteiger partial charge in [0.1, 0.15) is 5.82 Å². The monoisotopic (exact) mass is 365 g/mol. The smallest absolute Gasteiger partial charge is 0.269 e. The molecule has 0 amide bonds. The highest BCUT2D eigenvalue weighted by molar-refractivity contribution is 7.89. The highest BCUT2D eigenvalue weighted by Crippen LogP contribution is 2.32. The summed E-state index contributed by atoms with van der Waals surface area (Å²) in [6, 6.07) is 10.3. The highest BCUT2D eigenvalue weighted by Gasteiger charge is 2.39. The number of rotatable bonds is 4. The second-order valence-corrected chi connectivity index (χ2v) is 7.80. The molecule has 132 valence electrons. The zero-order valence-electron chi connectivity index (χ0n) is 13.1. The van der Waals surface area contributed by atoms with Gasteiger partial charge in [0, 0.05) is 37.2 Å². The van der Waals surface area contributed by atoms with Gasteiger partial charge in [-0.05, 0) is 23.8 Å². The topological polar surface area (TPSA) is 107 Å². The maximum atomic E-state index is 14.0. The minimum atomic E-state index is -3.86. The Hall–Kier alpha value is -2.36. The van der Waals surface area contributed by atoms with Crippen molar-refractivity contribution in [3.05, 3.63) is 70.0 Å². The molecular formula is C16H16FN3O4S. The van der Waals surface area contributed by atoms with E-state index in [4.69, 9.17) is 5.73 Å². The molecule has 0 aromatic heterocycles. The van der Waals surface area contributed by atoms with E-state index >= 15 is 0 Å². The van der Waals surface area contributed by atoms with Crippen LogP contribution in [0.15, 0.2) is 53.4 Å². The number of sulfonamides is 1. The van der Waals surface area contributed by atoms with Crippen molar-refractivity contribution in [2.24, 2.45) is 5.73 Å². The summed E-state index contributed by atoms with van der Waals surface area (Å²) in [5, 5.41) is 10.7. The third-order valence-corrected chi connectivity index (χ3v) is 6.17. The molecule has 7 nitrogen and oxygen atoms in total. The summed E-state index contributed by atoms with van der Waals surface area (Å²) >= 11 is 0. The van der Waals surface area contributed by atoms with E-state index in [1.807, 2.05) is 0 Å². The van der Waals surface area contributed by atoms with Crippen LogP contribution < -0.4 is 5.73 Å². The summed E-state index contributed by atoms with van der Waals surface area (Å²) in [7, 11) is -3.86. The minimum absolute atomic E-state index is 0.0539. The van der Waals surface area contributed by atoms with Crippen molar-refractivity contribution in [2.45, 2.75) is 16.9 Å². The van der Waals surface area contributed by atoms with E-state index in [0.29, 0.717) is 5.56 Å². The number of hydrogen-bond donors (Lipinski definition) is 1. The quantitative estimate of drug-likeness (QED) is 0.657. The zero-order valence-corrected chi connectivity index (χ0v) is 13.9. The van der Waals surface area contributed by atoms with Crippen molar-refractivity contribution < 1.29 is 17.7 Å². The Bertz CT molecular complexity index is 902. The van der Waals surface area contributed by atoms with Gasteiger partial charge in [0.25, 0.3) is 5.69 Å². The number of nitro groups is 1. The van der Waals surface area contributed by atoms with Crippen LogP contribution in [0.1, 0.15) is 11.5 Å². The second kappa shape index (κ2) is 6.51. The normalized spacial score (nSPS) is 21.4. The molecule has 0 radical (unpaired) electrons. The lowest BCUT2D eigenvalue weighted by molar-refractivity contribution is -0.384. The average Bonchev–Trinajstić information content (AvgIpc) is 2.98. The SMILES string of the molecule is N[C@@H]1CN(S(=O)(=O)c2ccc([N+](=O)[O-])cc2)C[C@H]1c1ccccc1F. The Morgan fingerprint density at radius 1 is 1.12 bits per heavy atom. The van der Waals surface area contributed by atoms with Crippen LogP contribution in [0, 0.1) is 15.9 Å². The Kier molecular flexibility index (Phi) is 4.55. The number of nitrogens with two attached hydrogens (primary N) is 1. The van der Waals surface area contributed by atoms with Crippen molar-refractivity contribution in [1.82, 2.24) is 4.31 Å². The van der Waals surface area contributed by atoms with Gasteiger partial charge in [-0.1, -0.05) is 18.2 Å². The summed E-state index contributed by atoms with van der Waals surface area (Å²) in [5.41, 5.74) is 6.24. The first-order valence-electron chi connectivity index (χ1n) is 7.55. The molecule has 1 saturated heterocycles. The Morgan fingerprint density at radius 2 is 1.76 bits per heavy atom. The molecule has 9 heteroatoms. The Labute approximate surface area is 144 Å². The van der Waals surface area contributed by atoms with Gasteiger partial charge < -0.3 is 5.73 Å². The third-order valence-electron chi connectivity index (χ3n) is 4.32. The molecule has 2 aromatic carbocycles. The van der Waals surface area contributed by atoms with Gasteiger partial charge in [0.05, 0.1) is 9.82 Å². The van der Waals surface area contributed by atoms with Crippen molar-refractivity contribution in [2.75, 3.05) is 13.1 Å². The summed E-state index contributed by atoms with van der Waals surface area (Å²) < 4.78 is 40.6. The van der Waals surface area contributed by atoms with Crippen LogP contribution in [0.25, 0.3) is 0 Å². The number of halogens is 1. The van der Waals surface area contributed by atoms with Gasteiger partial charge in [-0.3, -0.25) is 10.1 Å². The molecule has 0 bridgehead atoms. The van der Waals surface area contributed by atoms with E-state index in [-0.39, 0.29) is 23.7 Å². The molecule has 1 aliphatic rings. The molecule has 1 heterocycles. The number of hydrogen-bond acceptors (Lipinski definition) is 5. The van der Waals surface area contributed by atoms with E-state index < -0.39 is 32.7 Å². The van der Waals surface area contributed by atoms with Gasteiger partial charge >= 0.3 is 0 Å². The highest BCUT2D eigenvalue weighted by atomic mass is 32.2. The maximum absolute atomic E-state index is 14.0. The van der Waals surface area contributed by atoms with Crippen molar-refractivity contribution in [3.63, 3.8) is 0 Å². The van der Waals surface area contributed by atoms with Crippen molar-refractivity contribution in [1.29, 1.82) is 0 Å². The van der Waals surface area contributed by atoms with E-state index in [1.165, 1.54) is 22.5 Å². The van der Waals surface area contributed by atoms with Crippen LogP contribution in [-0.2, 0) is 10.0 Å². The van der Waals surface area contributed by atoms with E-state index in [9.17, 15) is 22.9 Å². The number of nitro benzene ring substituents is 1. The third kappa shape index (κ3) is 3.26. The summed E-state index contributed by atoms with van der Waals surface area (Å²) in [4.78, 5) is 10.0. The summed E-state index contributed by atoms with van der Waals surface area (Å²) in [6.07, 6.45) is 0. The van der Waals surface area contributed by atoms with Gasteiger partial charge in [-0.25, -0.2) is 12.8 Å². The molecule has 0 aliphatic carbocycles. The molecule has 2 atom stereocenters. The number of benzene rings is 2. The maximum Gasteiger partial charge on any atom is 0.269 e. The largest absolute Gasteiger partial charge is 0.326 e. The minimum Gasteiger partial charge on any atom is -0.326 e. The first-order chi connectivity index (χ1) is 11.8. The first-order valence-corrected chi connectivity index (χ1v) is 8.99. The van der Waals surface area contributed by atoms with Gasteiger partial charge in [-0.15, -0.1) is 0 Å². The van der Waals surface area contributed by atoms with Crippen molar-refractivity contribution >= 4 is 15.7 Å². The standard InChI is InChI=1S/C16H16FN3O4S/c17-15-4-2-1-3-13(15)14-9-19(10-16(14)18)25(23,24)12-7-5-11(6-8-12)20(21)22/h1-8,14,16H,9-10,18H2/t14-,16+/m0/s1. The van der Waals surface area contributed by atoms with Crippen LogP contribution in [0.2, 0.25) is 0 Å². The predicted octanol–water partition coefficient (Wildman–Crippen LogP) is 1.85. The lowest BCUT2D eigenvalue weighted by Gasteiger charge is -2.17. The molecule has 2 aromatic rings. The fraction of sp³-hybridized carbons (Fsp3) is 0.250. The van der Waals surface area contributed by atoms with Gasteiger partial charge in [0.15, 0.2) is 0 Å². The fourth-order valence-electron chi connectivity index (χ4n) is 2.98. The second-order valence-electron chi connectivity index (χ2n) is 5.86. The van der Waals surface area contributed by atoms with Crippen LogP contribution >= 0.6 is 0 Å². The molecule has 3 rings (SSSR count). The Balaban J connectivity index is 1.87. The zero-order chi connectivity index (χ0) is 18.2. The number of non-ortho nitro benzene ring substituents is 1. The van der Waals surface area contributed by atoms with Crippen LogP contribution in [0.3, 0.4) is 0 Å². The van der Waals surface area contributed by atoms with Gasteiger partial charge in [0.2, 0.25) is 10.0 Å². The molecule has 0 spiro atoms. The van der Waals surface area contributed by atoms with Crippen LogP contribution in [-0.4, -0.2) is 36.8 Å². The van der Waals surface area contributed by atoms with E-state index in [1.54, 1.807) is 18.2 Å². The fourth-order valence-corrected chi connectivity index (χ4v) is 4.49. The lowest BCUT2D eigenvalue weighted by atomic mass is 9.94. The Morgan fingerprint density at radius 3 is 2.36 bits per heavy atom. The molecule has 1 fully saturated rings. The van der Waals surface area contributed by atoms with Gasteiger partial charge in [-0.2, -0.15) is 4.31 Å². The molecule has 25 heavy (non-hydrogen) atoms. The average molecular weight is 365 g/mol. The molecule has 0 saturated carbocycles. The van der Waals surface area contributed by atoms with Crippen molar-refractivity contribution in [3.8, 4) is 0 Å². The summed E-state index contributed by atoms with van der Waals surface area (Å²) in [6.45, 7) is 0.111. The molecule has 2 N–H and O–H groups in total.